The van der Waals surface area contributed by atoms with E-state index in [4.69, 9.17) is 9.97 Å². The summed E-state index contributed by atoms with van der Waals surface area (Å²) < 4.78 is 0. The van der Waals surface area contributed by atoms with E-state index in [1.54, 1.807) is 0 Å². The first-order valence-electron chi connectivity index (χ1n) is 11.3. The topological polar surface area (TPSA) is 75.2 Å². The third-order valence-electron chi connectivity index (χ3n) is 6.70. The van der Waals surface area contributed by atoms with Crippen molar-refractivity contribution >= 4 is 11.8 Å². The van der Waals surface area contributed by atoms with Gasteiger partial charge in [-0.1, -0.05) is 26.7 Å². The Kier molecular flexibility index (Phi) is 7.25. The first-order valence-corrected chi connectivity index (χ1v) is 11.3. The highest BCUT2D eigenvalue weighted by Gasteiger charge is 2.32. The molecule has 6 nitrogen and oxygen atoms in total. The van der Waals surface area contributed by atoms with Gasteiger partial charge in [0.2, 0.25) is 11.8 Å². The lowest BCUT2D eigenvalue weighted by molar-refractivity contribution is -0.134. The Labute approximate surface area is 174 Å². The van der Waals surface area contributed by atoms with Crippen molar-refractivity contribution in [1.29, 1.82) is 0 Å². The van der Waals surface area contributed by atoms with E-state index < -0.39 is 0 Å². The molecule has 2 fully saturated rings. The van der Waals surface area contributed by atoms with Crippen molar-refractivity contribution < 1.29 is 9.59 Å². The second-order valence-corrected chi connectivity index (χ2v) is 8.74. The van der Waals surface area contributed by atoms with Crippen LogP contribution in [0.2, 0.25) is 0 Å². The molecular weight excluding hydrogens is 364 g/mol. The van der Waals surface area contributed by atoms with Gasteiger partial charge >= 0.3 is 0 Å². The Morgan fingerprint density at radius 2 is 1.69 bits per heavy atom. The van der Waals surface area contributed by atoms with E-state index >= 15 is 0 Å². The second-order valence-electron chi connectivity index (χ2n) is 8.74. The lowest BCUT2D eigenvalue weighted by Crippen LogP contribution is -2.34. The van der Waals surface area contributed by atoms with Crippen LogP contribution in [-0.4, -0.2) is 45.8 Å². The lowest BCUT2D eigenvalue weighted by atomic mass is 10.0. The smallest absolute Gasteiger partial charge is 0.225 e. The molecule has 1 saturated carbocycles. The Morgan fingerprint density at radius 1 is 1.07 bits per heavy atom. The number of rotatable bonds is 7. The average Bonchev–Trinajstić information content (AvgIpc) is 3.37. The molecular formula is C23H36N4O2. The average molecular weight is 401 g/mol. The van der Waals surface area contributed by atoms with Gasteiger partial charge < -0.3 is 10.2 Å². The zero-order valence-corrected chi connectivity index (χ0v) is 18.5. The normalized spacial score (nSPS) is 19.9. The zero-order chi connectivity index (χ0) is 21.0. The van der Waals surface area contributed by atoms with Crippen LogP contribution in [0.25, 0.3) is 0 Å². The largest absolute Gasteiger partial charge is 0.353 e. The van der Waals surface area contributed by atoms with E-state index in [1.807, 2.05) is 18.7 Å². The highest BCUT2D eigenvalue weighted by atomic mass is 16.2. The molecule has 0 aromatic carbocycles. The molecule has 1 aromatic heterocycles. The van der Waals surface area contributed by atoms with Gasteiger partial charge in [-0.05, 0) is 46.0 Å². The number of nitrogens with one attached hydrogen (secondary N) is 1. The predicted octanol–water partition coefficient (Wildman–Crippen LogP) is 3.45. The highest BCUT2D eigenvalue weighted by molar-refractivity contribution is 5.79. The summed E-state index contributed by atoms with van der Waals surface area (Å²) in [6, 6.07) is 0.334. The molecule has 2 heterocycles. The minimum Gasteiger partial charge on any atom is -0.353 e. The third kappa shape index (κ3) is 5.14. The summed E-state index contributed by atoms with van der Waals surface area (Å²) in [6.07, 6.45) is 7.63. The van der Waals surface area contributed by atoms with Crippen molar-refractivity contribution in [3.05, 3.63) is 22.8 Å². The molecule has 2 aliphatic rings. The second kappa shape index (κ2) is 9.68. The minimum atomic E-state index is 0.0715. The van der Waals surface area contributed by atoms with E-state index in [-0.39, 0.29) is 23.7 Å². The summed E-state index contributed by atoms with van der Waals surface area (Å²) in [5, 5.41) is 3.15. The summed E-state index contributed by atoms with van der Waals surface area (Å²) >= 11 is 0. The molecule has 2 amide bonds. The van der Waals surface area contributed by atoms with Gasteiger partial charge in [0.05, 0.1) is 6.42 Å². The lowest BCUT2D eigenvalue weighted by Gasteiger charge is -2.22. The van der Waals surface area contributed by atoms with Crippen molar-refractivity contribution in [2.45, 2.75) is 91.0 Å². The maximum absolute atomic E-state index is 12.7. The van der Waals surface area contributed by atoms with Crippen LogP contribution < -0.4 is 5.32 Å². The first kappa shape index (κ1) is 21.7. The van der Waals surface area contributed by atoms with Crippen LogP contribution in [0, 0.1) is 19.8 Å². The van der Waals surface area contributed by atoms with Crippen LogP contribution >= 0.6 is 0 Å². The number of aromatic nitrogens is 2. The molecule has 0 spiro atoms. The number of nitrogens with zero attached hydrogens (tertiary/aromatic N) is 3. The number of likely N-dealkylation sites (tertiary alicyclic amines) is 1. The Hall–Kier alpha value is -1.98. The van der Waals surface area contributed by atoms with Crippen molar-refractivity contribution in [2.24, 2.45) is 5.92 Å². The van der Waals surface area contributed by atoms with E-state index in [2.05, 4.69) is 19.2 Å². The summed E-state index contributed by atoms with van der Waals surface area (Å²) in [5.41, 5.74) is 2.71. The van der Waals surface area contributed by atoms with Crippen molar-refractivity contribution in [1.82, 2.24) is 20.2 Å². The summed E-state index contributed by atoms with van der Waals surface area (Å²) in [7, 11) is 0. The molecule has 6 heteroatoms. The van der Waals surface area contributed by atoms with Crippen LogP contribution in [0.5, 0.6) is 0 Å². The molecule has 1 atom stereocenters. The van der Waals surface area contributed by atoms with Crippen LogP contribution in [0.3, 0.4) is 0 Å². The van der Waals surface area contributed by atoms with Crippen LogP contribution in [0.15, 0.2) is 0 Å². The SMILES string of the molecule is CCC(CC)C(=O)N1CC[C@H](c2nc(C)c(CC(=O)NC3CCCC3)c(C)n2)C1. The van der Waals surface area contributed by atoms with Crippen molar-refractivity contribution in [2.75, 3.05) is 13.1 Å². The van der Waals surface area contributed by atoms with E-state index in [0.29, 0.717) is 19.0 Å². The Morgan fingerprint density at radius 3 is 2.28 bits per heavy atom. The van der Waals surface area contributed by atoms with E-state index in [0.717, 1.165) is 61.4 Å². The number of hydrogen-bond donors (Lipinski definition) is 1. The molecule has 1 aromatic rings. The molecule has 29 heavy (non-hydrogen) atoms. The number of hydrogen-bond acceptors (Lipinski definition) is 4. The molecule has 1 aliphatic heterocycles. The van der Waals surface area contributed by atoms with Gasteiger partial charge in [-0.25, -0.2) is 9.97 Å². The number of carbonyl (C=O) groups is 2. The van der Waals surface area contributed by atoms with Crippen molar-refractivity contribution in [3.8, 4) is 0 Å². The van der Waals surface area contributed by atoms with E-state index in [1.165, 1.54) is 12.8 Å². The number of carbonyl (C=O) groups excluding carboxylic acids is 2. The van der Waals surface area contributed by atoms with Gasteiger partial charge in [-0.2, -0.15) is 0 Å². The fourth-order valence-electron chi connectivity index (χ4n) is 4.78. The van der Waals surface area contributed by atoms with Gasteiger partial charge in [-0.15, -0.1) is 0 Å². The van der Waals surface area contributed by atoms with Gasteiger partial charge in [-0.3, -0.25) is 9.59 Å². The summed E-state index contributed by atoms with van der Waals surface area (Å²) in [4.78, 5) is 36.6. The standard InChI is InChI=1S/C23H36N4O2/c1-5-17(6-2)23(29)27-12-11-18(14-27)22-24-15(3)20(16(4)25-22)13-21(28)26-19-9-7-8-10-19/h17-19H,5-14H2,1-4H3,(H,26,28)/t18-/m0/s1. The van der Waals surface area contributed by atoms with Gasteiger partial charge in [0.15, 0.2) is 0 Å². The molecule has 3 rings (SSSR count). The predicted molar refractivity (Wildman–Crippen MR) is 114 cm³/mol. The van der Waals surface area contributed by atoms with Gasteiger partial charge in [0, 0.05) is 47.9 Å². The number of aryl methyl sites for hydroxylation is 2. The molecule has 0 unspecified atom stereocenters. The maximum Gasteiger partial charge on any atom is 0.225 e. The fraction of sp³-hybridized carbons (Fsp3) is 0.739. The van der Waals surface area contributed by atoms with Crippen LogP contribution in [-0.2, 0) is 16.0 Å². The van der Waals surface area contributed by atoms with Crippen molar-refractivity contribution in [3.63, 3.8) is 0 Å². The fourth-order valence-corrected chi connectivity index (χ4v) is 4.78. The number of amides is 2. The Bertz CT molecular complexity index is 715. The van der Waals surface area contributed by atoms with Crippen LogP contribution in [0.1, 0.15) is 87.5 Å². The molecule has 0 radical (unpaired) electrons. The van der Waals surface area contributed by atoms with Crippen LogP contribution in [0.4, 0.5) is 0 Å². The quantitative estimate of drug-likeness (QED) is 0.761. The molecule has 1 saturated heterocycles. The van der Waals surface area contributed by atoms with Gasteiger partial charge in [0.25, 0.3) is 0 Å². The molecule has 160 valence electrons. The third-order valence-corrected chi connectivity index (χ3v) is 6.70. The molecule has 1 aliphatic carbocycles. The molecule has 1 N–H and O–H groups in total. The van der Waals surface area contributed by atoms with Gasteiger partial charge in [0.1, 0.15) is 5.82 Å². The highest BCUT2D eigenvalue weighted by Crippen LogP contribution is 2.28. The summed E-state index contributed by atoms with van der Waals surface area (Å²) in [5.74, 6) is 1.47. The monoisotopic (exact) mass is 400 g/mol. The first-order chi connectivity index (χ1) is 13.9. The Balaban J connectivity index is 1.64. The molecule has 0 bridgehead atoms. The van der Waals surface area contributed by atoms with E-state index in [9.17, 15) is 9.59 Å². The summed E-state index contributed by atoms with van der Waals surface area (Å²) in [6.45, 7) is 9.59. The minimum absolute atomic E-state index is 0.0715. The maximum atomic E-state index is 12.7. The zero-order valence-electron chi connectivity index (χ0n) is 18.5.